The van der Waals surface area contributed by atoms with Gasteiger partial charge in [-0.2, -0.15) is 0 Å². The number of hydrogen-bond donors (Lipinski definition) is 2. The Bertz CT molecular complexity index is 521. The van der Waals surface area contributed by atoms with Crippen molar-refractivity contribution < 1.29 is 9.32 Å². The number of aromatic nitrogens is 1. The topological polar surface area (TPSA) is 67.2 Å². The number of carbonyl (C=O) groups is 1. The summed E-state index contributed by atoms with van der Waals surface area (Å²) in [6.45, 7) is 1.94. The number of nitrogens with one attached hydrogen (secondary N) is 2. The lowest BCUT2D eigenvalue weighted by molar-refractivity contribution is 0.102. The quantitative estimate of drug-likeness (QED) is 0.850. The molecule has 2 N–H and O–H groups in total. The van der Waals surface area contributed by atoms with Crippen molar-refractivity contribution in [3.05, 3.63) is 41.7 Å². The fraction of sp³-hybridized carbons (Fsp3) is 0.167. The van der Waals surface area contributed by atoms with Gasteiger partial charge < -0.3 is 15.2 Å². The second kappa shape index (κ2) is 4.69. The van der Waals surface area contributed by atoms with Gasteiger partial charge in [-0.05, 0) is 19.1 Å². The van der Waals surface area contributed by atoms with Gasteiger partial charge in [-0.15, -0.1) is 0 Å². The van der Waals surface area contributed by atoms with Gasteiger partial charge in [0.15, 0.2) is 5.82 Å². The zero-order valence-electron chi connectivity index (χ0n) is 9.65. The Morgan fingerprint density at radius 1 is 1.35 bits per heavy atom. The lowest BCUT2D eigenvalue weighted by atomic mass is 10.1. The Balaban J connectivity index is 2.26. The number of amides is 1. The van der Waals surface area contributed by atoms with E-state index < -0.39 is 0 Å². The molecule has 0 saturated heterocycles. The predicted octanol–water partition coefficient (Wildman–Crippen LogP) is 2.28. The van der Waals surface area contributed by atoms with Gasteiger partial charge >= 0.3 is 0 Å². The number of anilines is 2. The molecule has 0 spiro atoms. The maximum absolute atomic E-state index is 12.0. The van der Waals surface area contributed by atoms with Crippen LogP contribution in [0, 0.1) is 6.92 Å². The van der Waals surface area contributed by atoms with Crippen molar-refractivity contribution in [3.63, 3.8) is 0 Å². The van der Waals surface area contributed by atoms with Gasteiger partial charge in [-0.1, -0.05) is 16.8 Å². The van der Waals surface area contributed by atoms with Crippen molar-refractivity contribution in [3.8, 4) is 0 Å². The van der Waals surface area contributed by atoms with Gasteiger partial charge in [0.05, 0.1) is 5.56 Å². The number of benzene rings is 1. The maximum atomic E-state index is 12.0. The molecule has 0 aliphatic rings. The molecular formula is C12H13N3O2. The van der Waals surface area contributed by atoms with Gasteiger partial charge in [0.2, 0.25) is 0 Å². The Hall–Kier alpha value is -2.30. The highest BCUT2D eigenvalue weighted by Crippen LogP contribution is 2.18. The summed E-state index contributed by atoms with van der Waals surface area (Å²) in [5.74, 6) is 0.186. The van der Waals surface area contributed by atoms with E-state index in [0.29, 0.717) is 11.4 Å². The van der Waals surface area contributed by atoms with Crippen LogP contribution in [-0.2, 0) is 0 Å². The maximum Gasteiger partial charge on any atom is 0.259 e. The van der Waals surface area contributed by atoms with E-state index in [0.717, 1.165) is 11.3 Å². The SMILES string of the molecule is CNc1ccc(C)cc1C(=O)Nc1ccon1. The molecule has 0 bridgehead atoms. The van der Waals surface area contributed by atoms with Crippen LogP contribution < -0.4 is 10.6 Å². The molecule has 1 amide bonds. The summed E-state index contributed by atoms with van der Waals surface area (Å²) in [5.41, 5.74) is 2.38. The van der Waals surface area contributed by atoms with E-state index in [1.54, 1.807) is 13.1 Å². The van der Waals surface area contributed by atoms with Crippen LogP contribution in [0.4, 0.5) is 11.5 Å². The van der Waals surface area contributed by atoms with Crippen LogP contribution in [0.1, 0.15) is 15.9 Å². The summed E-state index contributed by atoms with van der Waals surface area (Å²) in [6.07, 6.45) is 1.41. The first kappa shape index (κ1) is 11.2. The average molecular weight is 231 g/mol. The first-order valence-electron chi connectivity index (χ1n) is 5.21. The minimum absolute atomic E-state index is 0.216. The highest BCUT2D eigenvalue weighted by Gasteiger charge is 2.12. The van der Waals surface area contributed by atoms with Gasteiger partial charge in [-0.25, -0.2) is 0 Å². The van der Waals surface area contributed by atoms with Gasteiger partial charge in [0.1, 0.15) is 6.26 Å². The number of hydrogen-bond acceptors (Lipinski definition) is 4. The number of rotatable bonds is 3. The van der Waals surface area contributed by atoms with Crippen LogP contribution >= 0.6 is 0 Å². The molecule has 5 heteroatoms. The molecule has 17 heavy (non-hydrogen) atoms. The first-order valence-corrected chi connectivity index (χ1v) is 5.21. The number of aryl methyl sites for hydroxylation is 1. The van der Waals surface area contributed by atoms with Gasteiger partial charge in [0.25, 0.3) is 5.91 Å². The molecule has 0 aliphatic heterocycles. The van der Waals surface area contributed by atoms with Crippen molar-refractivity contribution in [2.75, 3.05) is 17.7 Å². The van der Waals surface area contributed by atoms with E-state index in [-0.39, 0.29) is 5.91 Å². The van der Waals surface area contributed by atoms with Crippen molar-refractivity contribution in [1.82, 2.24) is 5.16 Å². The van der Waals surface area contributed by atoms with E-state index in [9.17, 15) is 4.79 Å². The molecule has 2 rings (SSSR count). The minimum atomic E-state index is -0.216. The summed E-state index contributed by atoms with van der Waals surface area (Å²) >= 11 is 0. The summed E-state index contributed by atoms with van der Waals surface area (Å²) in [7, 11) is 1.78. The molecular weight excluding hydrogens is 218 g/mol. The highest BCUT2D eigenvalue weighted by atomic mass is 16.5. The monoisotopic (exact) mass is 231 g/mol. The Morgan fingerprint density at radius 2 is 2.18 bits per heavy atom. The Kier molecular flexibility index (Phi) is 3.09. The Labute approximate surface area is 98.8 Å². The molecule has 1 heterocycles. The van der Waals surface area contributed by atoms with Crippen LogP contribution in [0.3, 0.4) is 0 Å². The lowest BCUT2D eigenvalue weighted by Crippen LogP contribution is -2.14. The van der Waals surface area contributed by atoms with E-state index in [4.69, 9.17) is 0 Å². The van der Waals surface area contributed by atoms with Crippen LogP contribution in [0.5, 0.6) is 0 Å². The molecule has 1 aromatic carbocycles. The zero-order valence-corrected chi connectivity index (χ0v) is 9.65. The molecule has 0 fully saturated rings. The largest absolute Gasteiger partial charge is 0.387 e. The molecule has 0 atom stereocenters. The average Bonchev–Trinajstić information content (AvgIpc) is 2.81. The molecule has 2 aromatic rings. The summed E-state index contributed by atoms with van der Waals surface area (Å²) in [6, 6.07) is 7.22. The third-order valence-corrected chi connectivity index (χ3v) is 2.37. The van der Waals surface area contributed by atoms with Crippen LogP contribution in [0.15, 0.2) is 35.1 Å². The minimum Gasteiger partial charge on any atom is -0.387 e. The van der Waals surface area contributed by atoms with E-state index in [1.165, 1.54) is 6.26 Å². The van der Waals surface area contributed by atoms with Crippen molar-refractivity contribution >= 4 is 17.4 Å². The third-order valence-electron chi connectivity index (χ3n) is 2.37. The van der Waals surface area contributed by atoms with Crippen LogP contribution in [0.25, 0.3) is 0 Å². The molecule has 1 aromatic heterocycles. The van der Waals surface area contributed by atoms with Gasteiger partial charge in [-0.3, -0.25) is 4.79 Å². The fourth-order valence-corrected chi connectivity index (χ4v) is 1.52. The second-order valence-corrected chi connectivity index (χ2v) is 3.64. The van der Waals surface area contributed by atoms with Crippen molar-refractivity contribution in [2.45, 2.75) is 6.92 Å². The van der Waals surface area contributed by atoms with E-state index in [1.807, 2.05) is 25.1 Å². The van der Waals surface area contributed by atoms with Crippen LogP contribution in [-0.4, -0.2) is 18.1 Å². The summed E-state index contributed by atoms with van der Waals surface area (Å²) in [4.78, 5) is 12.0. The summed E-state index contributed by atoms with van der Waals surface area (Å²) < 4.78 is 4.65. The fourth-order valence-electron chi connectivity index (χ4n) is 1.52. The normalized spacial score (nSPS) is 10.0. The molecule has 0 radical (unpaired) electrons. The van der Waals surface area contributed by atoms with Gasteiger partial charge in [0, 0.05) is 18.8 Å². The van der Waals surface area contributed by atoms with E-state index >= 15 is 0 Å². The first-order chi connectivity index (χ1) is 8.20. The number of nitrogens with zero attached hydrogens (tertiary/aromatic N) is 1. The van der Waals surface area contributed by atoms with Crippen LogP contribution in [0.2, 0.25) is 0 Å². The summed E-state index contributed by atoms with van der Waals surface area (Å²) in [5, 5.41) is 9.27. The lowest BCUT2D eigenvalue weighted by Gasteiger charge is -2.09. The second-order valence-electron chi connectivity index (χ2n) is 3.64. The third kappa shape index (κ3) is 2.44. The molecule has 88 valence electrons. The zero-order chi connectivity index (χ0) is 12.3. The van der Waals surface area contributed by atoms with Crippen molar-refractivity contribution in [2.24, 2.45) is 0 Å². The van der Waals surface area contributed by atoms with E-state index in [2.05, 4.69) is 20.3 Å². The van der Waals surface area contributed by atoms with Crippen molar-refractivity contribution in [1.29, 1.82) is 0 Å². The predicted molar refractivity (Wildman–Crippen MR) is 65.2 cm³/mol. The molecule has 0 saturated carbocycles. The highest BCUT2D eigenvalue weighted by molar-refractivity contribution is 6.07. The molecule has 0 unspecified atom stereocenters. The Morgan fingerprint density at radius 3 is 2.82 bits per heavy atom. The standard InChI is InChI=1S/C12H13N3O2/c1-8-3-4-10(13-2)9(7-8)12(16)14-11-5-6-17-15-11/h3-7,13H,1-2H3,(H,14,15,16). The number of carbonyl (C=O) groups excluding carboxylic acids is 1. The molecule has 0 aliphatic carbocycles. The molecule has 5 nitrogen and oxygen atoms in total. The smallest absolute Gasteiger partial charge is 0.259 e.